The van der Waals surface area contributed by atoms with Gasteiger partial charge in [0.25, 0.3) is 16.7 Å². The largest absolute Gasteiger partial charge is 0.493 e. The number of imide groups is 1. The van der Waals surface area contributed by atoms with Crippen LogP contribution >= 0.6 is 46.6 Å². The molecule has 1 fully saturated rings. The second-order valence-electron chi connectivity index (χ2n) is 11.6. The highest BCUT2D eigenvalue weighted by Crippen LogP contribution is 2.37. The number of carbonyl (C=O) groups is 4. The third-order valence-electron chi connectivity index (χ3n) is 8.17. The molecule has 5 aromatic rings. The summed E-state index contributed by atoms with van der Waals surface area (Å²) >= 11 is 19.3. The van der Waals surface area contributed by atoms with Crippen molar-refractivity contribution in [3.05, 3.63) is 112 Å². The second-order valence-corrected chi connectivity index (χ2v) is 13.9. The van der Waals surface area contributed by atoms with Gasteiger partial charge in [0.2, 0.25) is 5.91 Å². The maximum atomic E-state index is 13.4. The van der Waals surface area contributed by atoms with Crippen LogP contribution in [-0.2, 0) is 35.0 Å². The number of anilines is 1. The molecule has 278 valence electrons. The van der Waals surface area contributed by atoms with Crippen molar-refractivity contribution in [3.8, 4) is 17.5 Å². The summed E-state index contributed by atoms with van der Waals surface area (Å²) in [6, 6.07) is 13.7. The molecule has 3 heterocycles. The topological polar surface area (TPSA) is 173 Å². The van der Waals surface area contributed by atoms with Gasteiger partial charge in [-0.2, -0.15) is 4.98 Å². The highest BCUT2D eigenvalue weighted by molar-refractivity contribution is 8.18. The van der Waals surface area contributed by atoms with Crippen molar-refractivity contribution in [1.29, 1.82) is 0 Å². The van der Waals surface area contributed by atoms with E-state index in [4.69, 9.17) is 44.3 Å². The number of carbonyl (C=O) groups excluding carboxylic acids is 4. The predicted molar refractivity (Wildman–Crippen MR) is 203 cm³/mol. The van der Waals surface area contributed by atoms with Crippen LogP contribution in [0.3, 0.4) is 0 Å². The lowest BCUT2D eigenvalue weighted by Gasteiger charge is -2.14. The van der Waals surface area contributed by atoms with Gasteiger partial charge in [0.15, 0.2) is 22.7 Å². The molecule has 19 heteroatoms. The number of rotatable bonds is 10. The van der Waals surface area contributed by atoms with Crippen LogP contribution in [0.2, 0.25) is 15.1 Å². The fourth-order valence-corrected chi connectivity index (χ4v) is 6.93. The summed E-state index contributed by atoms with van der Waals surface area (Å²) in [5, 5.41) is 2.74. The molecular weight excluding hydrogens is 787 g/mol. The Bertz CT molecular complexity index is 2560. The minimum absolute atomic E-state index is 0.0251. The van der Waals surface area contributed by atoms with Gasteiger partial charge in [0, 0.05) is 29.8 Å². The number of halogens is 3. The molecule has 0 unspecified atom stereocenters. The average molecular weight is 814 g/mol. The Hall–Kier alpha value is -5.55. The smallest absolute Gasteiger partial charge is 0.339 e. The first-order valence-corrected chi connectivity index (χ1v) is 17.5. The van der Waals surface area contributed by atoms with E-state index in [-0.39, 0.29) is 56.4 Å². The predicted octanol–water partition coefficient (Wildman–Crippen LogP) is 5.70. The van der Waals surface area contributed by atoms with Gasteiger partial charge in [-0.3, -0.25) is 37.8 Å². The van der Waals surface area contributed by atoms with Gasteiger partial charge in [-0.15, -0.1) is 0 Å². The number of nitrogens with one attached hydrogen (secondary N) is 1. The van der Waals surface area contributed by atoms with Crippen LogP contribution < -0.4 is 26.0 Å². The van der Waals surface area contributed by atoms with Crippen LogP contribution in [0.5, 0.6) is 17.5 Å². The van der Waals surface area contributed by atoms with Gasteiger partial charge in [-0.1, -0.05) is 46.9 Å². The number of esters is 1. The number of methoxy groups -OCH3 is 2. The van der Waals surface area contributed by atoms with Crippen LogP contribution in [-0.4, -0.2) is 67.4 Å². The van der Waals surface area contributed by atoms with Crippen molar-refractivity contribution in [1.82, 2.24) is 23.6 Å². The molecule has 2 aromatic heterocycles. The molecule has 1 aliphatic heterocycles. The third kappa shape index (κ3) is 7.45. The highest BCUT2D eigenvalue weighted by Gasteiger charge is 2.36. The van der Waals surface area contributed by atoms with E-state index in [0.29, 0.717) is 32.9 Å². The fourth-order valence-electron chi connectivity index (χ4n) is 5.43. The summed E-state index contributed by atoms with van der Waals surface area (Å²) in [6.07, 6.45) is 1.45. The van der Waals surface area contributed by atoms with Crippen molar-refractivity contribution in [2.75, 3.05) is 26.1 Å². The first kappa shape index (κ1) is 38.2. The standard InChI is InChI=1S/C35H27Cl3N6O9S/c1-41-29-28(31(47)42(2)34(41)49)43(15-18-6-7-19(36)13-23(18)38)33(40-29)53-24-10-5-17(11-25(24)51-3)12-26-30(46)44(35(50)54-26)16-27(45)39-20-8-9-22(37)21(14-20)32(48)52-4/h5-14H,15-16H2,1-4H3,(H,39,45)/b26-12-. The quantitative estimate of drug-likeness (QED) is 0.135. The molecule has 54 heavy (non-hydrogen) atoms. The lowest BCUT2D eigenvalue weighted by atomic mass is 10.2. The fraction of sp³-hybridized carbons (Fsp3) is 0.171. The number of nitrogens with zero attached hydrogens (tertiary/aromatic N) is 5. The van der Waals surface area contributed by atoms with Crippen molar-refractivity contribution in [2.45, 2.75) is 6.54 Å². The van der Waals surface area contributed by atoms with E-state index >= 15 is 0 Å². The number of benzene rings is 3. The molecule has 1 N–H and O–H groups in total. The lowest BCUT2D eigenvalue weighted by Crippen LogP contribution is -2.37. The summed E-state index contributed by atoms with van der Waals surface area (Å²) in [5.41, 5.74) is 0.232. The Balaban J connectivity index is 1.25. The molecule has 0 bridgehead atoms. The molecule has 1 saturated heterocycles. The number of thioether (sulfide) groups is 1. The zero-order valence-electron chi connectivity index (χ0n) is 28.6. The lowest BCUT2D eigenvalue weighted by molar-refractivity contribution is -0.127. The number of hydrogen-bond acceptors (Lipinski definition) is 11. The number of ether oxygens (including phenoxy) is 3. The van der Waals surface area contributed by atoms with Gasteiger partial charge < -0.3 is 19.5 Å². The summed E-state index contributed by atoms with van der Waals surface area (Å²) < 4.78 is 20.1. The van der Waals surface area contributed by atoms with Crippen molar-refractivity contribution in [2.24, 2.45) is 14.1 Å². The van der Waals surface area contributed by atoms with Gasteiger partial charge in [0.1, 0.15) is 6.54 Å². The summed E-state index contributed by atoms with van der Waals surface area (Å²) in [5.74, 6) is -1.74. The van der Waals surface area contributed by atoms with Crippen molar-refractivity contribution in [3.63, 3.8) is 0 Å². The Labute approximate surface area is 324 Å². The Morgan fingerprint density at radius 1 is 0.907 bits per heavy atom. The Morgan fingerprint density at radius 3 is 2.37 bits per heavy atom. The van der Waals surface area contributed by atoms with Crippen LogP contribution in [0.25, 0.3) is 17.2 Å². The minimum atomic E-state index is -0.706. The number of imidazole rings is 1. The van der Waals surface area contributed by atoms with Gasteiger partial charge in [-0.05, 0) is 71.4 Å². The molecule has 15 nitrogen and oxygen atoms in total. The maximum Gasteiger partial charge on any atom is 0.339 e. The number of hydrogen-bond donors (Lipinski definition) is 1. The number of fused-ring (bicyclic) bond motifs is 1. The highest BCUT2D eigenvalue weighted by atomic mass is 35.5. The first-order chi connectivity index (χ1) is 25.7. The number of amides is 3. The summed E-state index contributed by atoms with van der Waals surface area (Å²) in [4.78, 5) is 82.2. The second kappa shape index (κ2) is 15.4. The zero-order valence-corrected chi connectivity index (χ0v) is 31.7. The molecule has 6 rings (SSSR count). The summed E-state index contributed by atoms with van der Waals surface area (Å²) in [6.45, 7) is -0.566. The van der Waals surface area contributed by atoms with E-state index in [1.807, 2.05) is 0 Å². The minimum Gasteiger partial charge on any atom is -0.493 e. The molecule has 1 aliphatic rings. The molecule has 0 atom stereocenters. The van der Waals surface area contributed by atoms with E-state index < -0.39 is 40.8 Å². The van der Waals surface area contributed by atoms with E-state index in [1.165, 1.54) is 67.8 Å². The SMILES string of the molecule is COC(=O)c1cc(NC(=O)CN2C(=O)S/C(=C\c3ccc(Oc4nc5c(c(=O)n(C)c(=O)n5C)n4Cc4ccc(Cl)cc4Cl)c(OC)c3)C2=O)ccc1Cl. The van der Waals surface area contributed by atoms with Crippen LogP contribution in [0.4, 0.5) is 10.5 Å². The molecule has 3 amide bonds. The Morgan fingerprint density at radius 2 is 1.67 bits per heavy atom. The molecule has 0 saturated carbocycles. The van der Waals surface area contributed by atoms with Crippen molar-refractivity contribution < 1.29 is 33.4 Å². The number of aromatic nitrogens is 4. The van der Waals surface area contributed by atoms with E-state index in [2.05, 4.69) is 15.0 Å². The average Bonchev–Trinajstić information content (AvgIpc) is 3.63. The van der Waals surface area contributed by atoms with E-state index in [9.17, 15) is 28.8 Å². The van der Waals surface area contributed by atoms with Gasteiger partial charge in [-0.25, -0.2) is 9.59 Å². The normalized spacial score (nSPS) is 13.5. The molecule has 0 aliphatic carbocycles. The van der Waals surface area contributed by atoms with Gasteiger partial charge >= 0.3 is 17.7 Å². The molecule has 0 radical (unpaired) electrons. The Kier molecular flexibility index (Phi) is 10.9. The summed E-state index contributed by atoms with van der Waals surface area (Å²) in [7, 11) is 5.41. The van der Waals surface area contributed by atoms with Crippen LogP contribution in [0, 0.1) is 0 Å². The third-order valence-corrected chi connectivity index (χ3v) is 10.00. The molecule has 3 aromatic carbocycles. The zero-order chi connectivity index (χ0) is 39.0. The molecular formula is C35H27Cl3N6O9S. The van der Waals surface area contributed by atoms with Crippen LogP contribution in [0.15, 0.2) is 69.1 Å². The maximum absolute atomic E-state index is 13.4. The van der Waals surface area contributed by atoms with Crippen LogP contribution in [0.1, 0.15) is 21.5 Å². The van der Waals surface area contributed by atoms with E-state index in [0.717, 1.165) is 9.47 Å². The van der Waals surface area contributed by atoms with Gasteiger partial charge in [0.05, 0.1) is 36.3 Å². The first-order valence-electron chi connectivity index (χ1n) is 15.6. The van der Waals surface area contributed by atoms with E-state index in [1.54, 1.807) is 30.3 Å². The monoisotopic (exact) mass is 812 g/mol. The number of aryl methyl sites for hydroxylation is 1. The van der Waals surface area contributed by atoms with Crippen molar-refractivity contribution >= 4 is 92.5 Å². The molecule has 0 spiro atoms.